The molecule has 0 aliphatic heterocycles. The van der Waals surface area contributed by atoms with E-state index in [0.29, 0.717) is 36.2 Å². The van der Waals surface area contributed by atoms with E-state index in [1.54, 1.807) is 12.3 Å². The lowest BCUT2D eigenvalue weighted by Crippen LogP contribution is -2.22. The average molecular weight is 318 g/mol. The lowest BCUT2D eigenvalue weighted by Gasteiger charge is -2.17. The van der Waals surface area contributed by atoms with Gasteiger partial charge < -0.3 is 15.0 Å². The molecule has 2 aromatic rings. The predicted octanol–water partition coefficient (Wildman–Crippen LogP) is 2.51. The molecule has 0 saturated carbocycles. The van der Waals surface area contributed by atoms with Crippen LogP contribution in [0.2, 0.25) is 0 Å². The summed E-state index contributed by atoms with van der Waals surface area (Å²) in [6.07, 6.45) is 4.83. The summed E-state index contributed by atoms with van der Waals surface area (Å²) in [6.45, 7) is 3.95. The molecule has 23 heavy (non-hydrogen) atoms. The van der Waals surface area contributed by atoms with Gasteiger partial charge in [0.2, 0.25) is 5.91 Å². The van der Waals surface area contributed by atoms with Gasteiger partial charge in [0.15, 0.2) is 11.5 Å². The van der Waals surface area contributed by atoms with Crippen molar-refractivity contribution in [1.29, 1.82) is 0 Å². The van der Waals surface area contributed by atoms with Crippen molar-refractivity contribution >= 4 is 28.9 Å². The van der Waals surface area contributed by atoms with E-state index in [9.17, 15) is 9.59 Å². The van der Waals surface area contributed by atoms with Crippen molar-refractivity contribution < 1.29 is 14.3 Å². The summed E-state index contributed by atoms with van der Waals surface area (Å²) in [5, 5.41) is 2.73. The Morgan fingerprint density at radius 1 is 1.39 bits per heavy atom. The number of esters is 1. The van der Waals surface area contributed by atoms with Crippen molar-refractivity contribution in [2.75, 3.05) is 12.4 Å². The molecule has 2 N–H and O–H groups in total. The highest BCUT2D eigenvalue weighted by Crippen LogP contribution is 2.20. The summed E-state index contributed by atoms with van der Waals surface area (Å²) in [4.78, 5) is 35.0. The van der Waals surface area contributed by atoms with Gasteiger partial charge >= 0.3 is 5.97 Å². The van der Waals surface area contributed by atoms with Gasteiger partial charge in [0.25, 0.3) is 0 Å². The second-order valence-corrected chi connectivity index (χ2v) is 5.78. The molecule has 1 unspecified atom stereocenters. The third-order valence-corrected chi connectivity index (χ3v) is 3.76. The standard InChI is InChI=1S/C16H22N4O3/c1-10(2)11(16(22)23-3)5-4-6-14(21)20-13-9-18-15-12(19-13)7-8-17-15/h7-11H,4-6H2,1-3H3,(H,17,18)(H,19,20,21). The number of hydrogen-bond donors (Lipinski definition) is 2. The maximum absolute atomic E-state index is 12.0. The molecule has 2 aromatic heterocycles. The maximum atomic E-state index is 12.0. The number of carbonyl (C=O) groups is 2. The maximum Gasteiger partial charge on any atom is 0.308 e. The van der Waals surface area contributed by atoms with Crippen LogP contribution >= 0.6 is 0 Å². The normalized spacial score (nSPS) is 12.3. The fourth-order valence-corrected chi connectivity index (χ4v) is 2.45. The number of aromatic nitrogens is 3. The topological polar surface area (TPSA) is 97.0 Å². The zero-order chi connectivity index (χ0) is 16.8. The quantitative estimate of drug-likeness (QED) is 0.765. The molecule has 0 radical (unpaired) electrons. The lowest BCUT2D eigenvalue weighted by molar-refractivity contribution is -0.147. The number of nitrogens with zero attached hydrogens (tertiary/aromatic N) is 2. The molecule has 7 heteroatoms. The van der Waals surface area contributed by atoms with Gasteiger partial charge in [0.1, 0.15) is 5.52 Å². The van der Waals surface area contributed by atoms with Crippen molar-refractivity contribution in [3.63, 3.8) is 0 Å². The summed E-state index contributed by atoms with van der Waals surface area (Å²) >= 11 is 0. The van der Waals surface area contributed by atoms with Gasteiger partial charge in [-0.25, -0.2) is 9.97 Å². The molecule has 1 amide bonds. The zero-order valence-corrected chi connectivity index (χ0v) is 13.6. The van der Waals surface area contributed by atoms with E-state index in [-0.39, 0.29) is 23.7 Å². The Kier molecular flexibility index (Phi) is 5.67. The molecular weight excluding hydrogens is 296 g/mol. The number of fused-ring (bicyclic) bond motifs is 1. The third-order valence-electron chi connectivity index (χ3n) is 3.76. The van der Waals surface area contributed by atoms with Crippen molar-refractivity contribution in [3.8, 4) is 0 Å². The minimum atomic E-state index is -0.218. The van der Waals surface area contributed by atoms with Crippen LogP contribution in [0.15, 0.2) is 18.5 Å². The SMILES string of the molecule is COC(=O)C(CCCC(=O)Nc1cnc2[nH]ccc2n1)C(C)C. The van der Waals surface area contributed by atoms with Crippen LogP contribution in [0.1, 0.15) is 33.1 Å². The summed E-state index contributed by atoms with van der Waals surface area (Å²) in [5.74, 6) is 0.0809. The fraction of sp³-hybridized carbons (Fsp3) is 0.500. The number of ether oxygens (including phenoxy) is 1. The Hall–Kier alpha value is -2.44. The summed E-state index contributed by atoms with van der Waals surface area (Å²) in [5.41, 5.74) is 1.38. The second-order valence-electron chi connectivity index (χ2n) is 5.78. The highest BCUT2D eigenvalue weighted by molar-refractivity contribution is 5.90. The van der Waals surface area contributed by atoms with Crippen LogP contribution < -0.4 is 5.32 Å². The number of H-pyrrole nitrogens is 1. The minimum absolute atomic E-state index is 0.137. The first-order valence-electron chi connectivity index (χ1n) is 7.69. The number of aromatic amines is 1. The van der Waals surface area contributed by atoms with Crippen LogP contribution in [0.3, 0.4) is 0 Å². The minimum Gasteiger partial charge on any atom is -0.469 e. The van der Waals surface area contributed by atoms with E-state index in [2.05, 4.69) is 20.3 Å². The van der Waals surface area contributed by atoms with Gasteiger partial charge in [-0.05, 0) is 24.8 Å². The van der Waals surface area contributed by atoms with Crippen molar-refractivity contribution in [2.45, 2.75) is 33.1 Å². The Bertz CT molecular complexity index is 681. The lowest BCUT2D eigenvalue weighted by atomic mass is 9.90. The van der Waals surface area contributed by atoms with Gasteiger partial charge in [-0.1, -0.05) is 13.8 Å². The Labute approximate surface area is 134 Å². The van der Waals surface area contributed by atoms with E-state index >= 15 is 0 Å². The Morgan fingerprint density at radius 2 is 2.17 bits per heavy atom. The largest absolute Gasteiger partial charge is 0.469 e. The van der Waals surface area contributed by atoms with Gasteiger partial charge in [0, 0.05) is 12.6 Å². The Balaban J connectivity index is 1.83. The molecule has 0 aliphatic rings. The molecule has 1 atom stereocenters. The highest BCUT2D eigenvalue weighted by atomic mass is 16.5. The number of methoxy groups -OCH3 is 1. The number of anilines is 1. The molecule has 0 bridgehead atoms. The van der Waals surface area contributed by atoms with E-state index in [0.717, 1.165) is 0 Å². The number of amides is 1. The van der Waals surface area contributed by atoms with Gasteiger partial charge in [-0.3, -0.25) is 9.59 Å². The smallest absolute Gasteiger partial charge is 0.308 e. The molecule has 0 saturated heterocycles. The first-order valence-corrected chi connectivity index (χ1v) is 7.69. The molecule has 7 nitrogen and oxygen atoms in total. The van der Waals surface area contributed by atoms with Crippen LogP contribution in [-0.2, 0) is 14.3 Å². The predicted molar refractivity (Wildman–Crippen MR) is 86.7 cm³/mol. The van der Waals surface area contributed by atoms with E-state index in [1.165, 1.54) is 13.3 Å². The first kappa shape index (κ1) is 16.9. The molecule has 2 rings (SSSR count). The van der Waals surface area contributed by atoms with Crippen LogP contribution in [0.4, 0.5) is 5.82 Å². The highest BCUT2D eigenvalue weighted by Gasteiger charge is 2.22. The number of hydrogen-bond acceptors (Lipinski definition) is 5. The van der Waals surface area contributed by atoms with E-state index < -0.39 is 0 Å². The zero-order valence-electron chi connectivity index (χ0n) is 13.6. The summed E-state index contributed by atoms with van der Waals surface area (Å²) < 4.78 is 4.80. The summed E-state index contributed by atoms with van der Waals surface area (Å²) in [7, 11) is 1.39. The fourth-order valence-electron chi connectivity index (χ4n) is 2.45. The van der Waals surface area contributed by atoms with Crippen LogP contribution in [-0.4, -0.2) is 33.9 Å². The first-order chi connectivity index (χ1) is 11.0. The molecule has 0 aliphatic carbocycles. The van der Waals surface area contributed by atoms with Crippen LogP contribution in [0, 0.1) is 11.8 Å². The van der Waals surface area contributed by atoms with E-state index in [4.69, 9.17) is 4.74 Å². The molecule has 0 aromatic carbocycles. The number of carbonyl (C=O) groups excluding carboxylic acids is 2. The number of rotatable bonds is 7. The monoisotopic (exact) mass is 318 g/mol. The third kappa shape index (κ3) is 4.51. The molecular formula is C16H22N4O3. The molecule has 0 spiro atoms. The molecule has 2 heterocycles. The van der Waals surface area contributed by atoms with Crippen LogP contribution in [0.5, 0.6) is 0 Å². The average Bonchev–Trinajstić information content (AvgIpc) is 2.98. The second kappa shape index (κ2) is 7.71. The van der Waals surface area contributed by atoms with Crippen molar-refractivity contribution in [1.82, 2.24) is 15.0 Å². The van der Waals surface area contributed by atoms with Gasteiger partial charge in [-0.15, -0.1) is 0 Å². The van der Waals surface area contributed by atoms with Gasteiger partial charge in [0.05, 0.1) is 19.2 Å². The number of nitrogens with one attached hydrogen (secondary N) is 2. The van der Waals surface area contributed by atoms with Crippen molar-refractivity contribution in [3.05, 3.63) is 18.5 Å². The molecule has 124 valence electrons. The van der Waals surface area contributed by atoms with Crippen LogP contribution in [0.25, 0.3) is 11.2 Å². The van der Waals surface area contributed by atoms with Gasteiger partial charge in [-0.2, -0.15) is 0 Å². The van der Waals surface area contributed by atoms with Crippen molar-refractivity contribution in [2.24, 2.45) is 11.8 Å². The summed E-state index contributed by atoms with van der Waals surface area (Å²) in [6, 6.07) is 1.79. The molecule has 0 fully saturated rings. The Morgan fingerprint density at radius 3 is 2.87 bits per heavy atom. The van der Waals surface area contributed by atoms with E-state index in [1.807, 2.05) is 13.8 Å².